The maximum absolute atomic E-state index is 10.1. The molecule has 0 bridgehead atoms. The number of hydrogen-bond donors (Lipinski definition) is 3. The van der Waals surface area contributed by atoms with Crippen molar-refractivity contribution >= 4 is 7.82 Å². The van der Waals surface area contributed by atoms with Crippen LogP contribution in [0.5, 0.6) is 0 Å². The summed E-state index contributed by atoms with van der Waals surface area (Å²) >= 11 is 0. The second-order valence-electron chi connectivity index (χ2n) is 11.8. The fraction of sp³-hybridized carbons (Fsp3) is 0.933. The van der Waals surface area contributed by atoms with Gasteiger partial charge in [0.15, 0.2) is 0 Å². The minimum atomic E-state index is -4.51. The molecule has 3 unspecified atom stereocenters. The molecule has 0 radical (unpaired) electrons. The lowest BCUT2D eigenvalue weighted by Gasteiger charge is -2.25. The third kappa shape index (κ3) is 37.9. The van der Waals surface area contributed by atoms with Crippen molar-refractivity contribution in [3.8, 4) is 0 Å². The van der Waals surface area contributed by atoms with Crippen molar-refractivity contribution in [3.63, 3.8) is 0 Å². The average Bonchev–Trinajstić information content (AvgIpc) is 2.81. The third-order valence-corrected chi connectivity index (χ3v) is 7.09. The number of unbranched alkanes of at least 4 members (excludes halogenated alkanes) is 16. The van der Waals surface area contributed by atoms with Gasteiger partial charge in [0.25, 0.3) is 7.82 Å². The summed E-state index contributed by atoms with van der Waals surface area (Å²) in [7, 11) is 1.19. The van der Waals surface area contributed by atoms with Crippen LogP contribution in [0.25, 0.3) is 0 Å². The van der Waals surface area contributed by atoms with Gasteiger partial charge in [0.2, 0.25) is 0 Å². The fourth-order valence-corrected chi connectivity index (χ4v) is 4.29. The second kappa shape index (κ2) is 26.9. The van der Waals surface area contributed by atoms with Gasteiger partial charge >= 0.3 is 0 Å². The first-order chi connectivity index (χ1) is 17.9. The Hall–Kier alpha value is -0.270. The zero-order valence-corrected chi connectivity index (χ0v) is 26.5. The molecule has 0 heterocycles. The molecule has 0 rings (SSSR count). The topological polar surface area (TPSA) is 110 Å². The summed E-state index contributed by atoms with van der Waals surface area (Å²) in [5.74, 6) is 0. The number of rotatable bonds is 25. The molecule has 0 fully saturated rings. The molecule has 3 atom stereocenters. The van der Waals surface area contributed by atoms with Crippen LogP contribution in [0.4, 0.5) is 0 Å². The zero-order chi connectivity index (χ0) is 29.1. The predicted molar refractivity (Wildman–Crippen MR) is 159 cm³/mol. The molecular formula is C30H64NO6P. The smallest absolute Gasteiger partial charge is 0.265 e. The van der Waals surface area contributed by atoms with Crippen molar-refractivity contribution in [1.29, 1.82) is 0 Å². The third-order valence-electron chi connectivity index (χ3n) is 6.59. The standard InChI is InChI=1S/C25H50O2.C5H14NO4P/c1-3-4-5-6-7-8-9-10-11-12-13-14-15-16-17-18-19-20-21-22-23-25(27)24(2)26;1-6(2,3)4-5-10-11(7,8)9/h10-11,24-27H,3-9,12-23H2,1-2H3;4-5H2,1-3H3,(H-,7,8,9)/b11-10-;. The molecule has 0 aliphatic rings. The Labute approximate surface area is 235 Å². The van der Waals surface area contributed by atoms with Crippen LogP contribution in [0.1, 0.15) is 136 Å². The van der Waals surface area contributed by atoms with Gasteiger partial charge in [-0.3, -0.25) is 4.57 Å². The number of nitrogens with zero attached hydrogens (tertiary/aromatic N) is 1. The number of aliphatic hydroxyl groups excluding tert-OH is 2. The molecule has 0 aliphatic carbocycles. The highest BCUT2D eigenvalue weighted by atomic mass is 31.2. The normalized spacial score (nSPS) is 15.2. The molecular weight excluding hydrogens is 501 g/mol. The molecule has 7 nitrogen and oxygen atoms in total. The van der Waals surface area contributed by atoms with Gasteiger partial charge in [0.1, 0.15) is 13.2 Å². The fourth-order valence-electron chi connectivity index (χ4n) is 3.98. The van der Waals surface area contributed by atoms with Crippen LogP contribution >= 0.6 is 7.82 Å². The molecule has 0 aromatic heterocycles. The number of quaternary nitrogens is 1. The minimum Gasteiger partial charge on any atom is -0.756 e. The van der Waals surface area contributed by atoms with Crippen LogP contribution in [0.3, 0.4) is 0 Å². The van der Waals surface area contributed by atoms with Crippen LogP contribution in [0, 0.1) is 0 Å². The van der Waals surface area contributed by atoms with E-state index in [-0.39, 0.29) is 6.61 Å². The Kier molecular flexibility index (Phi) is 28.3. The van der Waals surface area contributed by atoms with E-state index >= 15 is 0 Å². The lowest BCUT2D eigenvalue weighted by molar-refractivity contribution is -0.870. The molecule has 3 N–H and O–H groups in total. The van der Waals surface area contributed by atoms with Gasteiger partial charge in [-0.25, -0.2) is 0 Å². The molecule has 0 aromatic rings. The Morgan fingerprint density at radius 1 is 0.763 bits per heavy atom. The van der Waals surface area contributed by atoms with Gasteiger partial charge in [0, 0.05) is 0 Å². The molecule has 0 saturated heterocycles. The maximum atomic E-state index is 10.1. The lowest BCUT2D eigenvalue weighted by Crippen LogP contribution is -2.37. The SMILES string of the molecule is CCCCCCCC/C=C\CCCCCCCCCCCCC(O)C(C)O.C[N+](C)(C)CCOP(=O)([O-])O. The van der Waals surface area contributed by atoms with Crippen LogP contribution in [-0.4, -0.2) is 66.1 Å². The van der Waals surface area contributed by atoms with Crippen molar-refractivity contribution in [2.75, 3.05) is 34.3 Å². The summed E-state index contributed by atoms with van der Waals surface area (Å²) in [5.41, 5.74) is 0. The first-order valence-corrected chi connectivity index (χ1v) is 16.9. The first-order valence-electron chi connectivity index (χ1n) is 15.4. The van der Waals surface area contributed by atoms with Gasteiger partial charge in [-0.1, -0.05) is 109 Å². The van der Waals surface area contributed by atoms with E-state index in [2.05, 4.69) is 23.6 Å². The first kappa shape index (κ1) is 39.9. The molecule has 0 saturated carbocycles. The Morgan fingerprint density at radius 2 is 1.16 bits per heavy atom. The van der Waals surface area contributed by atoms with Gasteiger partial charge in [0.05, 0.1) is 33.4 Å². The zero-order valence-electron chi connectivity index (χ0n) is 25.6. The molecule has 0 aliphatic heterocycles. The van der Waals surface area contributed by atoms with E-state index < -0.39 is 20.0 Å². The summed E-state index contributed by atoms with van der Waals surface area (Å²) in [4.78, 5) is 18.3. The summed E-state index contributed by atoms with van der Waals surface area (Å²) in [6.07, 6.45) is 28.5. The quantitative estimate of drug-likeness (QED) is 0.0481. The monoisotopic (exact) mass is 565 g/mol. The lowest BCUT2D eigenvalue weighted by atomic mass is 10.0. The van der Waals surface area contributed by atoms with Gasteiger partial charge in [-0.15, -0.1) is 0 Å². The minimum absolute atomic E-state index is 0.0147. The predicted octanol–water partition coefficient (Wildman–Crippen LogP) is 6.89. The van der Waals surface area contributed by atoms with Gasteiger partial charge < -0.3 is 29.0 Å². The van der Waals surface area contributed by atoms with Crippen molar-refractivity contribution in [1.82, 2.24) is 0 Å². The van der Waals surface area contributed by atoms with Gasteiger partial charge in [-0.05, 0) is 39.0 Å². The number of allylic oxidation sites excluding steroid dienone is 2. The van der Waals surface area contributed by atoms with E-state index in [0.717, 1.165) is 12.8 Å². The van der Waals surface area contributed by atoms with Gasteiger partial charge in [-0.2, -0.15) is 0 Å². The highest BCUT2D eigenvalue weighted by molar-refractivity contribution is 7.44. The highest BCUT2D eigenvalue weighted by Gasteiger charge is 2.10. The largest absolute Gasteiger partial charge is 0.756 e. The average molecular weight is 566 g/mol. The van der Waals surface area contributed by atoms with Crippen LogP contribution in [0.2, 0.25) is 0 Å². The molecule has 230 valence electrons. The Bertz CT molecular complexity index is 559. The maximum Gasteiger partial charge on any atom is 0.265 e. The number of phosphoric ester groups is 1. The van der Waals surface area contributed by atoms with Crippen molar-refractivity contribution in [2.45, 2.75) is 148 Å². The van der Waals surface area contributed by atoms with E-state index in [1.807, 2.05) is 21.1 Å². The van der Waals surface area contributed by atoms with E-state index in [1.165, 1.54) is 109 Å². The number of hydrogen-bond acceptors (Lipinski definition) is 5. The van der Waals surface area contributed by atoms with Crippen molar-refractivity contribution < 1.29 is 33.6 Å². The number of phosphoric acid groups is 1. The molecule has 0 spiro atoms. The van der Waals surface area contributed by atoms with Crippen LogP contribution in [0.15, 0.2) is 12.2 Å². The van der Waals surface area contributed by atoms with Crippen LogP contribution in [-0.2, 0) is 9.09 Å². The van der Waals surface area contributed by atoms with Crippen molar-refractivity contribution in [3.05, 3.63) is 12.2 Å². The van der Waals surface area contributed by atoms with E-state index in [1.54, 1.807) is 6.92 Å². The molecule has 0 aromatic carbocycles. The van der Waals surface area contributed by atoms with E-state index in [9.17, 15) is 19.7 Å². The number of aliphatic hydroxyl groups is 2. The Morgan fingerprint density at radius 3 is 1.53 bits per heavy atom. The summed E-state index contributed by atoms with van der Waals surface area (Å²) in [6, 6.07) is 0. The summed E-state index contributed by atoms with van der Waals surface area (Å²) in [5, 5.41) is 18.7. The van der Waals surface area contributed by atoms with E-state index in [4.69, 9.17) is 4.89 Å². The van der Waals surface area contributed by atoms with Crippen LogP contribution < -0.4 is 4.89 Å². The highest BCUT2D eigenvalue weighted by Crippen LogP contribution is 2.29. The van der Waals surface area contributed by atoms with Crippen molar-refractivity contribution in [2.24, 2.45) is 0 Å². The summed E-state index contributed by atoms with van der Waals surface area (Å²) in [6.45, 7) is 4.49. The second-order valence-corrected chi connectivity index (χ2v) is 13.0. The molecule has 38 heavy (non-hydrogen) atoms. The Balaban J connectivity index is 0. The molecule has 8 heteroatoms. The molecule has 0 amide bonds. The van der Waals surface area contributed by atoms with E-state index in [0.29, 0.717) is 11.0 Å². The summed E-state index contributed by atoms with van der Waals surface area (Å²) < 4.78 is 14.8. The number of likely N-dealkylation sites (N-methyl/N-ethyl adjacent to an activating group) is 1.